The molecular formula is C11H14. The molecule has 0 rings (SSSR count). The summed E-state index contributed by atoms with van der Waals surface area (Å²) in [7, 11) is 0. The van der Waals surface area contributed by atoms with Gasteiger partial charge in [0, 0.05) is 0 Å². The zero-order valence-corrected chi connectivity index (χ0v) is 7.01. The van der Waals surface area contributed by atoms with Crippen LogP contribution >= 0.6 is 0 Å². The van der Waals surface area contributed by atoms with Crippen LogP contribution in [-0.4, -0.2) is 0 Å². The minimum atomic E-state index is 1.05. The van der Waals surface area contributed by atoms with Crippen LogP contribution in [0.2, 0.25) is 0 Å². The summed E-state index contributed by atoms with van der Waals surface area (Å²) in [5.41, 5.74) is 2.14. The summed E-state index contributed by atoms with van der Waals surface area (Å²) in [4.78, 5) is 0. The van der Waals surface area contributed by atoms with Crippen molar-refractivity contribution >= 4 is 0 Å². The normalized spacial score (nSPS) is 12.5. The van der Waals surface area contributed by atoms with Gasteiger partial charge in [0.2, 0.25) is 0 Å². The fraction of sp³-hybridized carbons (Fsp3) is 0.0909. The molecule has 0 bridgehead atoms. The molecule has 0 amide bonds. The number of allylic oxidation sites excluding steroid dienone is 7. The van der Waals surface area contributed by atoms with Gasteiger partial charge in [0.05, 0.1) is 0 Å². The fourth-order valence-electron chi connectivity index (χ4n) is 0.811. The van der Waals surface area contributed by atoms with Crippen molar-refractivity contribution in [3.63, 3.8) is 0 Å². The highest BCUT2D eigenvalue weighted by molar-refractivity contribution is 5.46. The van der Waals surface area contributed by atoms with Gasteiger partial charge in [-0.15, -0.1) is 0 Å². The Morgan fingerprint density at radius 3 is 1.82 bits per heavy atom. The van der Waals surface area contributed by atoms with Gasteiger partial charge in [0.1, 0.15) is 0 Å². The molecule has 0 aliphatic rings. The lowest BCUT2D eigenvalue weighted by Crippen LogP contribution is -1.79. The lowest BCUT2D eigenvalue weighted by atomic mass is 10.1. The quantitative estimate of drug-likeness (QED) is 0.533. The third-order valence-electron chi connectivity index (χ3n) is 1.38. The zero-order valence-electron chi connectivity index (χ0n) is 7.01. The van der Waals surface area contributed by atoms with Crippen molar-refractivity contribution in [1.29, 1.82) is 0 Å². The van der Waals surface area contributed by atoms with Crippen LogP contribution in [-0.2, 0) is 0 Å². The molecule has 0 fully saturated rings. The SMILES string of the molecule is C=C/C=C(C=C)/C(C=C)=C/C. The first kappa shape index (κ1) is 9.70. The van der Waals surface area contributed by atoms with Crippen LogP contribution in [0.1, 0.15) is 6.92 Å². The molecule has 0 aromatic carbocycles. The van der Waals surface area contributed by atoms with Gasteiger partial charge in [-0.3, -0.25) is 0 Å². The van der Waals surface area contributed by atoms with Crippen molar-refractivity contribution in [2.75, 3.05) is 0 Å². The van der Waals surface area contributed by atoms with Crippen LogP contribution in [0.25, 0.3) is 0 Å². The second-order valence-corrected chi connectivity index (χ2v) is 2.01. The molecule has 0 radical (unpaired) electrons. The molecular weight excluding hydrogens is 132 g/mol. The Kier molecular flexibility index (Phi) is 4.83. The fourth-order valence-corrected chi connectivity index (χ4v) is 0.811. The van der Waals surface area contributed by atoms with Crippen LogP contribution < -0.4 is 0 Å². The summed E-state index contributed by atoms with van der Waals surface area (Å²) in [5.74, 6) is 0. The lowest BCUT2D eigenvalue weighted by Gasteiger charge is -1.99. The maximum atomic E-state index is 3.69. The predicted molar refractivity (Wildman–Crippen MR) is 52.4 cm³/mol. The minimum absolute atomic E-state index is 1.05. The Labute approximate surface area is 68.9 Å². The highest BCUT2D eigenvalue weighted by atomic mass is 14.0. The second-order valence-electron chi connectivity index (χ2n) is 2.01. The minimum Gasteiger partial charge on any atom is -0.0990 e. The average Bonchev–Trinajstić information content (AvgIpc) is 2.05. The van der Waals surface area contributed by atoms with Gasteiger partial charge >= 0.3 is 0 Å². The van der Waals surface area contributed by atoms with Crippen LogP contribution in [0, 0.1) is 0 Å². The lowest BCUT2D eigenvalue weighted by molar-refractivity contribution is 1.51. The van der Waals surface area contributed by atoms with E-state index < -0.39 is 0 Å². The van der Waals surface area contributed by atoms with Crippen molar-refractivity contribution in [1.82, 2.24) is 0 Å². The molecule has 0 nitrogen and oxygen atoms in total. The van der Waals surface area contributed by atoms with E-state index in [0.717, 1.165) is 11.1 Å². The van der Waals surface area contributed by atoms with Crippen molar-refractivity contribution in [2.24, 2.45) is 0 Å². The Morgan fingerprint density at radius 2 is 1.55 bits per heavy atom. The van der Waals surface area contributed by atoms with Crippen LogP contribution in [0.5, 0.6) is 0 Å². The van der Waals surface area contributed by atoms with Crippen LogP contribution in [0.15, 0.2) is 61.3 Å². The molecule has 0 N–H and O–H groups in total. The molecule has 58 valence electrons. The first-order valence-electron chi connectivity index (χ1n) is 3.54. The molecule has 0 saturated heterocycles. The monoisotopic (exact) mass is 146 g/mol. The van der Waals surface area contributed by atoms with Crippen LogP contribution in [0.4, 0.5) is 0 Å². The van der Waals surface area contributed by atoms with Crippen molar-refractivity contribution in [3.05, 3.63) is 61.3 Å². The van der Waals surface area contributed by atoms with E-state index in [1.807, 2.05) is 19.1 Å². The second kappa shape index (κ2) is 5.48. The topological polar surface area (TPSA) is 0 Å². The summed E-state index contributed by atoms with van der Waals surface area (Å²) in [6, 6.07) is 0. The summed E-state index contributed by atoms with van der Waals surface area (Å²) in [6.45, 7) is 13.0. The summed E-state index contributed by atoms with van der Waals surface area (Å²) < 4.78 is 0. The highest BCUT2D eigenvalue weighted by Gasteiger charge is 1.91. The summed E-state index contributed by atoms with van der Waals surface area (Å²) >= 11 is 0. The Balaban J connectivity index is 4.75. The van der Waals surface area contributed by atoms with E-state index in [1.165, 1.54) is 0 Å². The Hall–Kier alpha value is -1.30. The van der Waals surface area contributed by atoms with E-state index in [2.05, 4.69) is 19.7 Å². The predicted octanol–water partition coefficient (Wildman–Crippen LogP) is 3.42. The molecule has 0 heteroatoms. The molecule has 0 aliphatic heterocycles. The van der Waals surface area contributed by atoms with E-state index >= 15 is 0 Å². The molecule has 11 heavy (non-hydrogen) atoms. The van der Waals surface area contributed by atoms with E-state index in [1.54, 1.807) is 18.2 Å². The van der Waals surface area contributed by atoms with Crippen molar-refractivity contribution < 1.29 is 0 Å². The average molecular weight is 146 g/mol. The van der Waals surface area contributed by atoms with Gasteiger partial charge in [0.15, 0.2) is 0 Å². The van der Waals surface area contributed by atoms with Gasteiger partial charge in [0.25, 0.3) is 0 Å². The molecule has 0 spiro atoms. The molecule has 0 saturated carbocycles. The van der Waals surface area contributed by atoms with Gasteiger partial charge < -0.3 is 0 Å². The van der Waals surface area contributed by atoms with Gasteiger partial charge in [-0.2, -0.15) is 0 Å². The van der Waals surface area contributed by atoms with E-state index in [-0.39, 0.29) is 0 Å². The summed E-state index contributed by atoms with van der Waals surface area (Å²) in [6.07, 6.45) is 9.23. The largest absolute Gasteiger partial charge is 0.0990 e. The van der Waals surface area contributed by atoms with Crippen LogP contribution in [0.3, 0.4) is 0 Å². The summed E-state index contributed by atoms with van der Waals surface area (Å²) in [5, 5.41) is 0. The van der Waals surface area contributed by atoms with Gasteiger partial charge in [-0.25, -0.2) is 0 Å². The number of hydrogen-bond donors (Lipinski definition) is 0. The third-order valence-corrected chi connectivity index (χ3v) is 1.38. The molecule has 0 aliphatic carbocycles. The molecule has 0 unspecified atom stereocenters. The first-order valence-corrected chi connectivity index (χ1v) is 3.54. The van der Waals surface area contributed by atoms with E-state index in [4.69, 9.17) is 0 Å². The van der Waals surface area contributed by atoms with Gasteiger partial charge in [-0.05, 0) is 18.1 Å². The maximum absolute atomic E-state index is 3.69. The van der Waals surface area contributed by atoms with E-state index in [9.17, 15) is 0 Å². The Bertz CT molecular complexity index is 214. The molecule has 0 aromatic rings. The molecule has 0 aromatic heterocycles. The van der Waals surface area contributed by atoms with Crippen molar-refractivity contribution in [2.45, 2.75) is 6.92 Å². The first-order chi connectivity index (χ1) is 5.29. The van der Waals surface area contributed by atoms with Gasteiger partial charge in [-0.1, -0.05) is 50.1 Å². The maximum Gasteiger partial charge on any atom is -0.0194 e. The smallest absolute Gasteiger partial charge is 0.0194 e. The number of hydrogen-bond acceptors (Lipinski definition) is 0. The Morgan fingerprint density at radius 1 is 1.00 bits per heavy atom. The molecule has 0 heterocycles. The highest BCUT2D eigenvalue weighted by Crippen LogP contribution is 2.11. The molecule has 0 atom stereocenters. The number of rotatable bonds is 4. The standard InChI is InChI=1S/C11H14/c1-5-9-11(8-4)10(6-2)7-3/h5-9H,1-2,4H2,3H3/b10-7+,11-9+. The van der Waals surface area contributed by atoms with Crippen molar-refractivity contribution in [3.8, 4) is 0 Å². The zero-order chi connectivity index (χ0) is 8.69. The van der Waals surface area contributed by atoms with E-state index in [0.29, 0.717) is 0 Å². The third kappa shape index (κ3) is 2.85.